The molecule has 22 heavy (non-hydrogen) atoms. The van der Waals surface area contributed by atoms with Gasteiger partial charge in [-0.05, 0) is 24.0 Å². The average molecular weight is 304 g/mol. The van der Waals surface area contributed by atoms with Gasteiger partial charge in [0.25, 0.3) is 0 Å². The number of carbonyl (C=O) groups excluding carboxylic acids is 2. The van der Waals surface area contributed by atoms with Crippen LogP contribution >= 0.6 is 0 Å². The van der Waals surface area contributed by atoms with E-state index in [4.69, 9.17) is 0 Å². The molecule has 2 heterocycles. The van der Waals surface area contributed by atoms with Gasteiger partial charge < -0.3 is 10.2 Å². The lowest BCUT2D eigenvalue weighted by Crippen LogP contribution is -2.33. The van der Waals surface area contributed by atoms with Gasteiger partial charge in [-0.2, -0.15) is 0 Å². The number of Topliss-reactive ketones (excluding diaryl/α,β-unsaturated/α-hetero) is 1. The molecule has 1 aromatic carbocycles. The largest absolute Gasteiger partial charge is 0.342 e. The van der Waals surface area contributed by atoms with E-state index >= 15 is 0 Å². The summed E-state index contributed by atoms with van der Waals surface area (Å²) in [4.78, 5) is 26.5. The van der Waals surface area contributed by atoms with Gasteiger partial charge in [0.2, 0.25) is 5.91 Å². The second kappa shape index (κ2) is 6.16. The van der Waals surface area contributed by atoms with Crippen molar-refractivity contribution in [3.05, 3.63) is 35.6 Å². The van der Waals surface area contributed by atoms with Crippen molar-refractivity contribution in [3.63, 3.8) is 0 Å². The molecule has 1 unspecified atom stereocenters. The predicted molar refractivity (Wildman–Crippen MR) is 80.9 cm³/mol. The Balaban J connectivity index is 1.58. The fourth-order valence-electron chi connectivity index (χ4n) is 3.47. The van der Waals surface area contributed by atoms with Gasteiger partial charge in [0.15, 0.2) is 5.78 Å². The van der Waals surface area contributed by atoms with Crippen LogP contribution in [0.5, 0.6) is 0 Å². The Labute approximate surface area is 129 Å². The highest BCUT2D eigenvalue weighted by atomic mass is 19.1. The minimum atomic E-state index is -0.427. The first-order valence-electron chi connectivity index (χ1n) is 7.83. The van der Waals surface area contributed by atoms with Crippen LogP contribution in [0.4, 0.5) is 4.39 Å². The Hall–Kier alpha value is -1.75. The number of halogens is 1. The Bertz CT molecular complexity index is 578. The van der Waals surface area contributed by atoms with Crippen molar-refractivity contribution >= 4 is 11.7 Å². The number of amides is 1. The number of fused-ring (bicyclic) bond motifs is 1. The number of ketones is 1. The standard InChI is InChI=1S/C17H21FN2O2/c1-11(17(22)12-3-2-4-15(18)6-12)5-16(21)20-9-13-7-19-8-14(13)10-20/h2-4,6,11,13-14,19H,5,7-10H2,1H3/t11?,13-,14+. The molecule has 3 atom stereocenters. The van der Waals surface area contributed by atoms with Gasteiger partial charge in [-0.1, -0.05) is 19.1 Å². The molecule has 0 aromatic heterocycles. The van der Waals surface area contributed by atoms with Crippen LogP contribution in [0.2, 0.25) is 0 Å². The smallest absolute Gasteiger partial charge is 0.223 e. The molecule has 0 radical (unpaired) electrons. The van der Waals surface area contributed by atoms with Crippen molar-refractivity contribution in [1.29, 1.82) is 0 Å². The van der Waals surface area contributed by atoms with Crippen LogP contribution in [0, 0.1) is 23.6 Å². The number of likely N-dealkylation sites (tertiary alicyclic amines) is 1. The maximum Gasteiger partial charge on any atom is 0.223 e. The molecule has 0 aliphatic carbocycles. The van der Waals surface area contributed by atoms with Crippen LogP contribution < -0.4 is 5.32 Å². The summed E-state index contributed by atoms with van der Waals surface area (Å²) in [5, 5.41) is 3.34. The van der Waals surface area contributed by atoms with E-state index in [0.717, 1.165) is 26.2 Å². The zero-order valence-electron chi connectivity index (χ0n) is 12.7. The SMILES string of the molecule is CC(CC(=O)N1C[C@H]2CNC[C@H]2C1)C(=O)c1cccc(F)c1. The summed E-state index contributed by atoms with van der Waals surface area (Å²) in [7, 11) is 0. The number of carbonyl (C=O) groups is 2. The lowest BCUT2D eigenvalue weighted by Gasteiger charge is -2.19. The van der Waals surface area contributed by atoms with Gasteiger partial charge >= 0.3 is 0 Å². The fourth-order valence-corrected chi connectivity index (χ4v) is 3.47. The topological polar surface area (TPSA) is 49.4 Å². The van der Waals surface area contributed by atoms with Crippen LogP contribution in [-0.2, 0) is 4.79 Å². The number of hydrogen-bond donors (Lipinski definition) is 1. The highest BCUT2D eigenvalue weighted by Crippen LogP contribution is 2.27. The number of nitrogens with zero attached hydrogens (tertiary/aromatic N) is 1. The normalized spacial score (nSPS) is 25.1. The van der Waals surface area contributed by atoms with Crippen LogP contribution in [0.3, 0.4) is 0 Å². The van der Waals surface area contributed by atoms with Gasteiger partial charge in [0.05, 0.1) is 0 Å². The summed E-state index contributed by atoms with van der Waals surface area (Å²) in [5.74, 6) is 0.119. The van der Waals surface area contributed by atoms with E-state index in [0.29, 0.717) is 17.4 Å². The van der Waals surface area contributed by atoms with E-state index in [1.165, 1.54) is 18.2 Å². The van der Waals surface area contributed by atoms with Crippen LogP contribution in [0.25, 0.3) is 0 Å². The van der Waals surface area contributed by atoms with Gasteiger partial charge in [-0.25, -0.2) is 4.39 Å². The van der Waals surface area contributed by atoms with E-state index < -0.39 is 11.7 Å². The monoisotopic (exact) mass is 304 g/mol. The summed E-state index contributed by atoms with van der Waals surface area (Å²) >= 11 is 0. The molecule has 0 bridgehead atoms. The Morgan fingerprint density at radius 1 is 1.32 bits per heavy atom. The third-order valence-corrected chi connectivity index (χ3v) is 4.78. The zero-order chi connectivity index (χ0) is 15.7. The lowest BCUT2D eigenvalue weighted by atomic mass is 9.96. The third-order valence-electron chi connectivity index (χ3n) is 4.78. The second-order valence-electron chi connectivity index (χ2n) is 6.46. The number of hydrogen-bond acceptors (Lipinski definition) is 3. The molecule has 118 valence electrons. The van der Waals surface area contributed by atoms with Crippen molar-refractivity contribution in [3.8, 4) is 0 Å². The summed E-state index contributed by atoms with van der Waals surface area (Å²) in [6.07, 6.45) is 0.197. The number of rotatable bonds is 4. The van der Waals surface area contributed by atoms with Crippen molar-refractivity contribution in [2.75, 3.05) is 26.2 Å². The zero-order valence-corrected chi connectivity index (χ0v) is 12.7. The molecule has 0 spiro atoms. The molecule has 2 aliphatic rings. The number of benzene rings is 1. The van der Waals surface area contributed by atoms with E-state index in [1.54, 1.807) is 13.0 Å². The molecular weight excluding hydrogens is 283 g/mol. The number of nitrogens with one attached hydrogen (secondary N) is 1. The van der Waals surface area contributed by atoms with Crippen LogP contribution in [0.1, 0.15) is 23.7 Å². The Morgan fingerprint density at radius 2 is 2.00 bits per heavy atom. The van der Waals surface area contributed by atoms with Gasteiger partial charge in [0.1, 0.15) is 5.82 Å². The summed E-state index contributed by atoms with van der Waals surface area (Å²) in [6.45, 7) is 5.27. The highest BCUT2D eigenvalue weighted by molar-refractivity contribution is 5.99. The summed E-state index contributed by atoms with van der Waals surface area (Å²) < 4.78 is 13.2. The van der Waals surface area contributed by atoms with E-state index in [9.17, 15) is 14.0 Å². The molecule has 1 N–H and O–H groups in total. The highest BCUT2D eigenvalue weighted by Gasteiger charge is 2.38. The summed E-state index contributed by atoms with van der Waals surface area (Å²) in [5.41, 5.74) is 0.336. The minimum absolute atomic E-state index is 0.0339. The summed E-state index contributed by atoms with van der Waals surface area (Å²) in [6, 6.07) is 5.66. The van der Waals surface area contributed by atoms with Crippen molar-refractivity contribution in [2.24, 2.45) is 17.8 Å². The molecule has 3 rings (SSSR count). The third kappa shape index (κ3) is 3.04. The molecule has 5 heteroatoms. The first-order chi connectivity index (χ1) is 10.5. The quantitative estimate of drug-likeness (QED) is 0.862. The molecule has 1 aromatic rings. The Kier molecular flexibility index (Phi) is 4.25. The molecule has 2 aliphatic heterocycles. The van der Waals surface area contributed by atoms with Gasteiger partial charge in [0, 0.05) is 44.1 Å². The predicted octanol–water partition coefficient (Wildman–Crippen LogP) is 1.71. The van der Waals surface area contributed by atoms with Crippen molar-refractivity contribution < 1.29 is 14.0 Å². The molecular formula is C17H21FN2O2. The first-order valence-corrected chi connectivity index (χ1v) is 7.83. The lowest BCUT2D eigenvalue weighted by molar-refractivity contribution is -0.131. The maximum absolute atomic E-state index is 13.2. The van der Waals surface area contributed by atoms with Gasteiger partial charge in [-0.15, -0.1) is 0 Å². The van der Waals surface area contributed by atoms with Crippen LogP contribution in [0.15, 0.2) is 24.3 Å². The first kappa shape index (κ1) is 15.2. The maximum atomic E-state index is 13.2. The molecule has 4 nitrogen and oxygen atoms in total. The average Bonchev–Trinajstić information content (AvgIpc) is 3.07. The molecule has 2 fully saturated rings. The van der Waals surface area contributed by atoms with E-state index in [1.807, 2.05) is 4.90 Å². The van der Waals surface area contributed by atoms with E-state index in [2.05, 4.69) is 5.32 Å². The van der Waals surface area contributed by atoms with Crippen molar-refractivity contribution in [1.82, 2.24) is 10.2 Å². The molecule has 0 saturated carbocycles. The fraction of sp³-hybridized carbons (Fsp3) is 0.529. The molecule has 2 saturated heterocycles. The van der Waals surface area contributed by atoms with E-state index in [-0.39, 0.29) is 18.1 Å². The molecule has 1 amide bonds. The van der Waals surface area contributed by atoms with Crippen molar-refractivity contribution in [2.45, 2.75) is 13.3 Å². The minimum Gasteiger partial charge on any atom is -0.342 e. The Morgan fingerprint density at radius 3 is 2.64 bits per heavy atom. The van der Waals surface area contributed by atoms with Crippen LogP contribution in [-0.4, -0.2) is 42.8 Å². The van der Waals surface area contributed by atoms with Gasteiger partial charge in [-0.3, -0.25) is 9.59 Å². The second-order valence-corrected chi connectivity index (χ2v) is 6.46.